The molecule has 0 radical (unpaired) electrons. The number of anilines is 2. The summed E-state index contributed by atoms with van der Waals surface area (Å²) < 4.78 is 6.99. The van der Waals surface area contributed by atoms with E-state index in [2.05, 4.69) is 34.1 Å². The average Bonchev–Trinajstić information content (AvgIpc) is 2.91. The molecule has 5 rings (SSSR count). The number of ether oxygens (including phenoxy) is 1. The molecule has 1 fully saturated rings. The SMILES string of the molecule is Cc1cc(C)cc(COc2ccc(Br)cc2C=C2C(=O)N(c3ccccc3)C(=S)N(c3ccccc3)C2=O)c1. The lowest BCUT2D eigenvalue weighted by atomic mass is 10.0. The molecule has 0 spiro atoms. The Labute approximate surface area is 241 Å². The maximum Gasteiger partial charge on any atom is 0.270 e. The standard InChI is InChI=1S/C32H25BrN2O3S/c1-21-15-22(2)17-23(16-21)20-38-29-14-13-25(33)18-24(29)19-28-30(36)34(26-9-5-3-6-10-26)32(39)35(31(28)37)27-11-7-4-8-12-27/h3-19H,20H2,1-2H3. The van der Waals surface area contributed by atoms with Gasteiger partial charge in [0.25, 0.3) is 11.8 Å². The summed E-state index contributed by atoms with van der Waals surface area (Å²) in [5, 5.41) is 0.0973. The van der Waals surface area contributed by atoms with Crippen LogP contribution < -0.4 is 14.5 Å². The van der Waals surface area contributed by atoms with Crippen LogP contribution in [0.3, 0.4) is 0 Å². The van der Waals surface area contributed by atoms with E-state index in [1.165, 1.54) is 9.80 Å². The van der Waals surface area contributed by atoms with Gasteiger partial charge in [0.05, 0.1) is 11.4 Å². The largest absolute Gasteiger partial charge is 0.488 e. The van der Waals surface area contributed by atoms with E-state index in [1.54, 1.807) is 30.3 Å². The van der Waals surface area contributed by atoms with Gasteiger partial charge in [-0.3, -0.25) is 19.4 Å². The lowest BCUT2D eigenvalue weighted by molar-refractivity contribution is -0.120. The van der Waals surface area contributed by atoms with Crippen molar-refractivity contribution < 1.29 is 14.3 Å². The molecule has 0 N–H and O–H groups in total. The third-order valence-electron chi connectivity index (χ3n) is 6.23. The molecule has 1 heterocycles. The van der Waals surface area contributed by atoms with Crippen LogP contribution in [0, 0.1) is 13.8 Å². The minimum atomic E-state index is -0.497. The molecule has 2 amide bonds. The second-order valence-electron chi connectivity index (χ2n) is 9.26. The summed E-state index contributed by atoms with van der Waals surface area (Å²) in [5.41, 5.74) is 5.07. The van der Waals surface area contributed by atoms with Crippen LogP contribution in [-0.2, 0) is 16.2 Å². The zero-order chi connectivity index (χ0) is 27.5. The Kier molecular flexibility index (Phi) is 7.72. The maximum absolute atomic E-state index is 13.8. The number of thiocarbonyl (C=S) groups is 1. The summed E-state index contributed by atoms with van der Waals surface area (Å²) in [6.45, 7) is 4.44. The molecule has 194 valence electrons. The number of hydrogen-bond acceptors (Lipinski definition) is 4. The Morgan fingerprint density at radius 1 is 0.769 bits per heavy atom. The van der Waals surface area contributed by atoms with Crippen molar-refractivity contribution in [3.05, 3.63) is 129 Å². The number of benzene rings is 4. The van der Waals surface area contributed by atoms with Gasteiger partial charge in [-0.25, -0.2) is 0 Å². The number of aryl methyl sites for hydroxylation is 2. The van der Waals surface area contributed by atoms with Gasteiger partial charge in [-0.05, 0) is 80.2 Å². The molecule has 0 saturated carbocycles. The van der Waals surface area contributed by atoms with Crippen LogP contribution in [0.1, 0.15) is 22.3 Å². The smallest absolute Gasteiger partial charge is 0.270 e. The Morgan fingerprint density at radius 2 is 1.31 bits per heavy atom. The van der Waals surface area contributed by atoms with Crippen LogP contribution in [0.5, 0.6) is 5.75 Å². The van der Waals surface area contributed by atoms with Crippen molar-refractivity contribution in [1.29, 1.82) is 0 Å². The monoisotopic (exact) mass is 596 g/mol. The van der Waals surface area contributed by atoms with Gasteiger partial charge in [0.2, 0.25) is 0 Å². The first kappa shape index (κ1) is 26.5. The predicted octanol–water partition coefficient (Wildman–Crippen LogP) is 7.39. The van der Waals surface area contributed by atoms with Gasteiger partial charge in [0, 0.05) is 10.0 Å². The first-order valence-electron chi connectivity index (χ1n) is 12.4. The molecule has 0 unspecified atom stereocenters. The van der Waals surface area contributed by atoms with E-state index in [4.69, 9.17) is 17.0 Å². The van der Waals surface area contributed by atoms with Gasteiger partial charge >= 0.3 is 0 Å². The van der Waals surface area contributed by atoms with Crippen molar-refractivity contribution in [1.82, 2.24) is 0 Å². The van der Waals surface area contributed by atoms with Crippen LogP contribution >= 0.6 is 28.1 Å². The highest BCUT2D eigenvalue weighted by Crippen LogP contribution is 2.32. The molecule has 0 bridgehead atoms. The molecule has 0 aliphatic carbocycles. The molecule has 4 aromatic carbocycles. The zero-order valence-electron chi connectivity index (χ0n) is 21.4. The fourth-order valence-corrected chi connectivity index (χ4v) is 5.33. The average molecular weight is 598 g/mol. The second kappa shape index (κ2) is 11.4. The number of amides is 2. The minimum absolute atomic E-state index is 0.0225. The lowest BCUT2D eigenvalue weighted by Crippen LogP contribution is -2.56. The highest BCUT2D eigenvalue weighted by Gasteiger charge is 2.41. The highest BCUT2D eigenvalue weighted by atomic mass is 79.9. The Balaban J connectivity index is 1.57. The van der Waals surface area contributed by atoms with Crippen LogP contribution in [-0.4, -0.2) is 16.9 Å². The van der Waals surface area contributed by atoms with E-state index in [9.17, 15) is 9.59 Å². The second-order valence-corrected chi connectivity index (χ2v) is 10.5. The molecular formula is C32H25BrN2O3S. The first-order valence-corrected chi connectivity index (χ1v) is 13.6. The number of para-hydroxylation sites is 2. The molecule has 1 saturated heterocycles. The first-order chi connectivity index (χ1) is 18.8. The van der Waals surface area contributed by atoms with E-state index in [0.717, 1.165) is 21.2 Å². The minimum Gasteiger partial charge on any atom is -0.488 e. The van der Waals surface area contributed by atoms with Crippen molar-refractivity contribution in [3.63, 3.8) is 0 Å². The Hall–Kier alpha value is -4.07. The third-order valence-corrected chi connectivity index (χ3v) is 7.08. The third kappa shape index (κ3) is 5.70. The van der Waals surface area contributed by atoms with Gasteiger partial charge in [0.15, 0.2) is 5.11 Å². The van der Waals surface area contributed by atoms with Gasteiger partial charge < -0.3 is 4.74 Å². The molecule has 7 heteroatoms. The number of nitrogens with zero attached hydrogens (tertiary/aromatic N) is 2. The number of hydrogen-bond donors (Lipinski definition) is 0. The van der Waals surface area contributed by atoms with Crippen molar-refractivity contribution in [3.8, 4) is 5.75 Å². The lowest BCUT2D eigenvalue weighted by Gasteiger charge is -2.36. The van der Waals surface area contributed by atoms with Gasteiger partial charge in [-0.2, -0.15) is 0 Å². The van der Waals surface area contributed by atoms with Gasteiger partial charge in [-0.1, -0.05) is 81.7 Å². The number of halogens is 1. The van der Waals surface area contributed by atoms with Gasteiger partial charge in [-0.15, -0.1) is 0 Å². The number of rotatable bonds is 6. The zero-order valence-corrected chi connectivity index (χ0v) is 23.8. The summed E-state index contributed by atoms with van der Waals surface area (Å²) in [6.07, 6.45) is 1.58. The summed E-state index contributed by atoms with van der Waals surface area (Å²) >= 11 is 9.22. The van der Waals surface area contributed by atoms with Crippen LogP contribution in [0.15, 0.2) is 107 Å². The summed E-state index contributed by atoms with van der Waals surface area (Å²) in [5.74, 6) is -0.441. The van der Waals surface area contributed by atoms with Crippen molar-refractivity contribution in [2.75, 3.05) is 9.80 Å². The predicted molar refractivity (Wildman–Crippen MR) is 163 cm³/mol. The van der Waals surface area contributed by atoms with Gasteiger partial charge in [0.1, 0.15) is 17.9 Å². The normalized spacial score (nSPS) is 13.6. The molecule has 1 aliphatic heterocycles. The van der Waals surface area contributed by atoms with E-state index in [-0.39, 0.29) is 10.7 Å². The Morgan fingerprint density at radius 3 is 1.85 bits per heavy atom. The van der Waals surface area contributed by atoms with E-state index < -0.39 is 11.8 Å². The maximum atomic E-state index is 13.8. The van der Waals surface area contributed by atoms with Crippen molar-refractivity contribution >= 4 is 62.5 Å². The van der Waals surface area contributed by atoms with E-state index >= 15 is 0 Å². The molecule has 4 aromatic rings. The molecular weight excluding hydrogens is 572 g/mol. The fraction of sp³-hybridized carbons (Fsp3) is 0.0938. The quantitative estimate of drug-likeness (QED) is 0.132. The van der Waals surface area contributed by atoms with E-state index in [1.807, 2.05) is 68.4 Å². The van der Waals surface area contributed by atoms with Crippen molar-refractivity contribution in [2.24, 2.45) is 0 Å². The van der Waals surface area contributed by atoms with Crippen LogP contribution in [0.4, 0.5) is 11.4 Å². The molecule has 1 aliphatic rings. The van der Waals surface area contributed by atoms with Crippen LogP contribution in [0.2, 0.25) is 0 Å². The highest BCUT2D eigenvalue weighted by molar-refractivity contribution is 9.10. The Bertz CT molecular complexity index is 1520. The molecule has 39 heavy (non-hydrogen) atoms. The molecule has 0 aromatic heterocycles. The van der Waals surface area contributed by atoms with E-state index in [0.29, 0.717) is 29.3 Å². The topological polar surface area (TPSA) is 49.9 Å². The fourth-order valence-electron chi connectivity index (χ4n) is 4.57. The summed E-state index contributed by atoms with van der Waals surface area (Å²) in [6, 6.07) is 30.0. The molecule has 5 nitrogen and oxygen atoms in total. The summed E-state index contributed by atoms with van der Waals surface area (Å²) in [4.78, 5) is 30.5. The molecule has 0 atom stereocenters. The number of carbonyl (C=O) groups excluding carboxylic acids is 2. The van der Waals surface area contributed by atoms with Crippen molar-refractivity contribution in [2.45, 2.75) is 20.5 Å². The van der Waals surface area contributed by atoms with Crippen LogP contribution in [0.25, 0.3) is 6.08 Å². The number of carbonyl (C=O) groups is 2. The summed E-state index contributed by atoms with van der Waals surface area (Å²) in [7, 11) is 0.